The highest BCUT2D eigenvalue weighted by molar-refractivity contribution is 7.52. The second-order valence-electron chi connectivity index (χ2n) is 9.97. The molecule has 1 aromatic rings. The van der Waals surface area contributed by atoms with Crippen LogP contribution in [0.1, 0.15) is 5.56 Å². The van der Waals surface area contributed by atoms with Crippen LogP contribution in [0.5, 0.6) is 5.75 Å². The summed E-state index contributed by atoms with van der Waals surface area (Å²) in [4.78, 5) is 50.5. The molecule has 0 heterocycles. The van der Waals surface area contributed by atoms with E-state index in [2.05, 4.69) is 16.0 Å². The maximum Gasteiger partial charge on any atom is 0.373 e. The molecule has 0 aromatic heterocycles. The zero-order valence-corrected chi connectivity index (χ0v) is 28.2. The van der Waals surface area contributed by atoms with Gasteiger partial charge in [-0.2, -0.15) is 0 Å². The normalized spacial score (nSPS) is 13.2. The standard InChI is InChI=1S/C29H51N4O12P/c1-39-15-18-42-12-9-30-27(34)22-33(23-28(35)31-10-13-43-19-16-40-2)26(29(36)32-11-14-44-20-17-41-3)21-24-5-7-25(8-6-24)45-46(4,37)38/h5-8,26H,9-23H2,1-4H3,(H,30,34)(H,31,35)(H,32,36)(H,37,38). The van der Waals surface area contributed by atoms with E-state index in [1.807, 2.05) is 0 Å². The highest BCUT2D eigenvalue weighted by Crippen LogP contribution is 2.38. The maximum atomic E-state index is 13.6. The second kappa shape index (κ2) is 25.4. The second-order valence-corrected chi connectivity index (χ2v) is 11.8. The molecule has 1 rings (SSSR count). The SMILES string of the molecule is COCCOCCNC(=O)CN(CC(=O)NCCOCCOC)C(Cc1ccc(OP(C)(=O)O)cc1)C(=O)NCCOCCOC. The number of amides is 3. The molecule has 1 aromatic carbocycles. The number of hydrogen-bond acceptors (Lipinski definition) is 12. The molecule has 0 spiro atoms. The molecule has 3 amide bonds. The van der Waals surface area contributed by atoms with Crippen molar-refractivity contribution in [2.24, 2.45) is 0 Å². The lowest BCUT2D eigenvalue weighted by Crippen LogP contribution is -2.54. The lowest BCUT2D eigenvalue weighted by atomic mass is 10.0. The van der Waals surface area contributed by atoms with Crippen molar-refractivity contribution in [3.63, 3.8) is 0 Å². The summed E-state index contributed by atoms with van der Waals surface area (Å²) in [6.07, 6.45) is 0.111. The van der Waals surface area contributed by atoms with Crippen molar-refractivity contribution < 1.29 is 56.8 Å². The van der Waals surface area contributed by atoms with Gasteiger partial charge in [-0.15, -0.1) is 0 Å². The van der Waals surface area contributed by atoms with Crippen molar-refractivity contribution in [1.29, 1.82) is 0 Å². The molecule has 16 nitrogen and oxygen atoms in total. The Kier molecular flexibility index (Phi) is 22.9. The van der Waals surface area contributed by atoms with Crippen molar-refractivity contribution in [3.05, 3.63) is 29.8 Å². The third kappa shape index (κ3) is 21.2. The summed E-state index contributed by atoms with van der Waals surface area (Å²) in [6.45, 7) is 4.33. The lowest BCUT2D eigenvalue weighted by Gasteiger charge is -2.30. The van der Waals surface area contributed by atoms with Crippen LogP contribution in [0.2, 0.25) is 0 Å². The first-order chi connectivity index (χ1) is 22.1. The van der Waals surface area contributed by atoms with Gasteiger partial charge in [0.25, 0.3) is 0 Å². The number of carbonyl (C=O) groups is 3. The molecule has 46 heavy (non-hydrogen) atoms. The van der Waals surface area contributed by atoms with Gasteiger partial charge in [-0.25, -0.2) is 4.57 Å². The monoisotopic (exact) mass is 678 g/mol. The smallest absolute Gasteiger partial charge is 0.373 e. The molecule has 0 bridgehead atoms. The average Bonchev–Trinajstić information content (AvgIpc) is 3.00. The van der Waals surface area contributed by atoms with E-state index in [9.17, 15) is 23.8 Å². The molecular formula is C29H51N4O12P. The fraction of sp³-hybridized carbons (Fsp3) is 0.690. The predicted octanol–water partition coefficient (Wildman–Crippen LogP) is -0.569. The lowest BCUT2D eigenvalue weighted by molar-refractivity contribution is -0.131. The van der Waals surface area contributed by atoms with Crippen molar-refractivity contribution in [2.75, 3.05) is 120 Å². The van der Waals surface area contributed by atoms with E-state index in [0.29, 0.717) is 45.2 Å². The van der Waals surface area contributed by atoms with Crippen LogP contribution in [0, 0.1) is 0 Å². The van der Waals surface area contributed by atoms with Gasteiger partial charge in [0.1, 0.15) is 5.75 Å². The van der Waals surface area contributed by atoms with Crippen molar-refractivity contribution >= 4 is 25.3 Å². The molecule has 0 saturated heterocycles. The van der Waals surface area contributed by atoms with E-state index >= 15 is 0 Å². The number of ether oxygens (including phenoxy) is 6. The van der Waals surface area contributed by atoms with Crippen LogP contribution in [-0.4, -0.2) is 154 Å². The van der Waals surface area contributed by atoms with Crippen LogP contribution in [0.25, 0.3) is 0 Å². The summed E-state index contributed by atoms with van der Waals surface area (Å²) in [5, 5.41) is 8.33. The molecule has 2 unspecified atom stereocenters. The third-order valence-corrected chi connectivity index (χ3v) is 6.59. The molecule has 4 N–H and O–H groups in total. The molecule has 264 valence electrons. The van der Waals surface area contributed by atoms with Gasteiger partial charge in [-0.3, -0.25) is 19.3 Å². The van der Waals surface area contributed by atoms with E-state index in [1.54, 1.807) is 33.5 Å². The van der Waals surface area contributed by atoms with Gasteiger partial charge in [-0.1, -0.05) is 12.1 Å². The molecule has 0 fully saturated rings. The Morgan fingerprint density at radius 3 is 1.57 bits per heavy atom. The molecule has 2 atom stereocenters. The zero-order chi connectivity index (χ0) is 34.0. The van der Waals surface area contributed by atoms with Crippen LogP contribution in [0.4, 0.5) is 0 Å². The summed E-state index contributed by atoms with van der Waals surface area (Å²) in [5.74, 6) is -1.05. The van der Waals surface area contributed by atoms with E-state index in [0.717, 1.165) is 6.66 Å². The number of benzene rings is 1. The largest absolute Gasteiger partial charge is 0.425 e. The first kappa shape index (κ1) is 41.4. The fourth-order valence-corrected chi connectivity index (χ4v) is 4.39. The Bertz CT molecular complexity index is 998. The molecule has 0 saturated carbocycles. The Morgan fingerprint density at radius 2 is 1.15 bits per heavy atom. The number of rotatable bonds is 28. The average molecular weight is 679 g/mol. The summed E-state index contributed by atoms with van der Waals surface area (Å²) < 4.78 is 47.8. The van der Waals surface area contributed by atoms with E-state index < -0.39 is 31.4 Å². The van der Waals surface area contributed by atoms with E-state index in [-0.39, 0.29) is 64.7 Å². The summed E-state index contributed by atoms with van der Waals surface area (Å²) in [5.41, 5.74) is 0.664. The van der Waals surface area contributed by atoms with Gasteiger partial charge in [0.05, 0.1) is 78.6 Å². The molecule has 17 heteroatoms. The van der Waals surface area contributed by atoms with Gasteiger partial charge in [0.15, 0.2) is 0 Å². The molecule has 0 aliphatic carbocycles. The van der Waals surface area contributed by atoms with Crippen molar-refractivity contribution in [2.45, 2.75) is 12.5 Å². The van der Waals surface area contributed by atoms with Gasteiger partial charge < -0.3 is 53.8 Å². The fourth-order valence-electron chi connectivity index (χ4n) is 3.87. The highest BCUT2D eigenvalue weighted by Gasteiger charge is 2.29. The topological polar surface area (TPSA) is 192 Å². The van der Waals surface area contributed by atoms with E-state index in [1.165, 1.54) is 17.0 Å². The van der Waals surface area contributed by atoms with Gasteiger partial charge in [0, 0.05) is 47.6 Å². The van der Waals surface area contributed by atoms with Gasteiger partial charge >= 0.3 is 7.60 Å². The number of nitrogens with zero attached hydrogens (tertiary/aromatic N) is 1. The minimum absolute atomic E-state index is 0.111. The van der Waals surface area contributed by atoms with Crippen LogP contribution in [0.3, 0.4) is 0 Å². The molecule has 0 aliphatic heterocycles. The van der Waals surface area contributed by atoms with Crippen LogP contribution < -0.4 is 20.5 Å². The predicted molar refractivity (Wildman–Crippen MR) is 169 cm³/mol. The highest BCUT2D eigenvalue weighted by atomic mass is 31.2. The number of hydrogen-bond donors (Lipinski definition) is 4. The first-order valence-electron chi connectivity index (χ1n) is 14.9. The van der Waals surface area contributed by atoms with Crippen LogP contribution in [-0.2, 0) is 53.8 Å². The van der Waals surface area contributed by atoms with Crippen LogP contribution in [0.15, 0.2) is 24.3 Å². The third-order valence-electron chi connectivity index (χ3n) is 6.04. The van der Waals surface area contributed by atoms with E-state index in [4.69, 9.17) is 32.9 Å². The Balaban J connectivity index is 3.09. The summed E-state index contributed by atoms with van der Waals surface area (Å²) in [6, 6.07) is 5.36. The molecule has 0 radical (unpaired) electrons. The Morgan fingerprint density at radius 1 is 0.717 bits per heavy atom. The zero-order valence-electron chi connectivity index (χ0n) is 27.3. The Labute approximate surface area is 271 Å². The summed E-state index contributed by atoms with van der Waals surface area (Å²) in [7, 11) is 0.918. The minimum atomic E-state index is -3.76. The molecular weight excluding hydrogens is 627 g/mol. The van der Waals surface area contributed by atoms with Gasteiger partial charge in [0.2, 0.25) is 17.7 Å². The van der Waals surface area contributed by atoms with Crippen molar-refractivity contribution in [3.8, 4) is 5.75 Å². The number of carbonyl (C=O) groups excluding carboxylic acids is 3. The maximum absolute atomic E-state index is 13.6. The first-order valence-corrected chi connectivity index (χ1v) is 17.0. The summed E-state index contributed by atoms with van der Waals surface area (Å²) >= 11 is 0. The number of methoxy groups -OCH3 is 3. The van der Waals surface area contributed by atoms with Crippen LogP contribution >= 0.6 is 7.60 Å². The molecule has 0 aliphatic rings. The Hall–Kier alpha value is -2.66. The quantitative estimate of drug-likeness (QED) is 0.0652. The van der Waals surface area contributed by atoms with Crippen molar-refractivity contribution in [1.82, 2.24) is 20.9 Å². The number of nitrogens with one attached hydrogen (secondary N) is 3. The van der Waals surface area contributed by atoms with Gasteiger partial charge in [-0.05, 0) is 24.1 Å². The minimum Gasteiger partial charge on any atom is -0.425 e.